The molecule has 24 heavy (non-hydrogen) atoms. The van der Waals surface area contributed by atoms with Crippen molar-refractivity contribution in [1.82, 2.24) is 15.2 Å². The molecular formula is C19H24N4O. The summed E-state index contributed by atoms with van der Waals surface area (Å²) < 4.78 is 1.57. The number of piperidine rings is 1. The van der Waals surface area contributed by atoms with Gasteiger partial charge in [0, 0.05) is 24.3 Å². The van der Waals surface area contributed by atoms with E-state index in [4.69, 9.17) is 5.26 Å². The molecule has 1 aliphatic rings. The quantitative estimate of drug-likeness (QED) is 0.830. The van der Waals surface area contributed by atoms with Crippen LogP contribution in [0.2, 0.25) is 0 Å². The second kappa shape index (κ2) is 7.98. The average Bonchev–Trinajstić information content (AvgIpc) is 3.05. The highest BCUT2D eigenvalue weighted by molar-refractivity contribution is 5.89. The first-order valence-corrected chi connectivity index (χ1v) is 8.77. The summed E-state index contributed by atoms with van der Waals surface area (Å²) in [6.45, 7) is 3.01. The van der Waals surface area contributed by atoms with Gasteiger partial charge < -0.3 is 10.6 Å². The van der Waals surface area contributed by atoms with Crippen LogP contribution in [0.3, 0.4) is 0 Å². The van der Waals surface area contributed by atoms with Crippen molar-refractivity contribution >= 4 is 16.8 Å². The van der Waals surface area contributed by atoms with E-state index in [1.807, 2.05) is 6.07 Å². The summed E-state index contributed by atoms with van der Waals surface area (Å²) in [5.41, 5.74) is 0.610. The molecule has 0 atom stereocenters. The fraction of sp³-hybridized carbons (Fsp3) is 0.474. The van der Waals surface area contributed by atoms with Crippen LogP contribution in [0.25, 0.3) is 10.8 Å². The lowest BCUT2D eigenvalue weighted by atomic mass is 9.92. The molecule has 2 N–H and O–H groups in total. The second-order valence-corrected chi connectivity index (χ2v) is 6.54. The highest BCUT2D eigenvalue weighted by Crippen LogP contribution is 2.19. The number of unbranched alkanes of at least 4 members (excludes halogenated alkanes) is 1. The molecule has 0 radical (unpaired) electrons. The molecule has 0 spiro atoms. The number of nitrogens with zero attached hydrogens (tertiary/aromatic N) is 2. The van der Waals surface area contributed by atoms with Gasteiger partial charge in [-0.05, 0) is 55.8 Å². The van der Waals surface area contributed by atoms with E-state index < -0.39 is 0 Å². The van der Waals surface area contributed by atoms with Crippen LogP contribution in [0.15, 0.2) is 30.6 Å². The van der Waals surface area contributed by atoms with Crippen LogP contribution in [0.4, 0.5) is 4.79 Å². The van der Waals surface area contributed by atoms with Gasteiger partial charge in [-0.25, -0.2) is 4.79 Å². The molecule has 1 fully saturated rings. The normalized spacial score (nSPS) is 15.3. The first-order chi connectivity index (χ1) is 11.8. The average molecular weight is 324 g/mol. The molecule has 2 aromatic rings. The maximum atomic E-state index is 12.2. The van der Waals surface area contributed by atoms with Crippen LogP contribution in [0, 0.1) is 17.2 Å². The summed E-state index contributed by atoms with van der Waals surface area (Å²) in [6.07, 6.45) is 9.61. The van der Waals surface area contributed by atoms with Crippen LogP contribution in [-0.2, 0) is 0 Å². The van der Waals surface area contributed by atoms with Gasteiger partial charge in [0.1, 0.15) is 0 Å². The Kier molecular flexibility index (Phi) is 5.50. The number of hydrogen-bond acceptors (Lipinski definition) is 3. The van der Waals surface area contributed by atoms with Gasteiger partial charge >= 0.3 is 6.03 Å². The van der Waals surface area contributed by atoms with Gasteiger partial charge in [-0.3, -0.25) is 4.57 Å². The van der Waals surface area contributed by atoms with Crippen molar-refractivity contribution in [2.45, 2.75) is 32.1 Å². The number of carbonyl (C=O) groups excluding carboxylic acids is 1. The van der Waals surface area contributed by atoms with Crippen molar-refractivity contribution < 1.29 is 4.79 Å². The molecule has 1 amide bonds. The smallest absolute Gasteiger partial charge is 0.325 e. The zero-order valence-electron chi connectivity index (χ0n) is 13.9. The van der Waals surface area contributed by atoms with Gasteiger partial charge in [0.05, 0.1) is 11.6 Å². The number of aromatic nitrogens is 1. The molecule has 5 nitrogen and oxygen atoms in total. The van der Waals surface area contributed by atoms with Crippen molar-refractivity contribution in [2.24, 2.45) is 5.92 Å². The number of hydrogen-bond donors (Lipinski definition) is 2. The molecule has 1 aromatic heterocycles. The van der Waals surface area contributed by atoms with E-state index in [1.165, 1.54) is 25.7 Å². The second-order valence-electron chi connectivity index (χ2n) is 6.54. The molecule has 1 aliphatic heterocycles. The summed E-state index contributed by atoms with van der Waals surface area (Å²) in [7, 11) is 0. The van der Waals surface area contributed by atoms with Gasteiger partial charge in [-0.2, -0.15) is 5.26 Å². The van der Waals surface area contributed by atoms with Gasteiger partial charge in [0.15, 0.2) is 0 Å². The molecule has 2 heterocycles. The summed E-state index contributed by atoms with van der Waals surface area (Å²) >= 11 is 0. The highest BCUT2D eigenvalue weighted by atomic mass is 16.2. The Hall–Kier alpha value is -2.32. The van der Waals surface area contributed by atoms with E-state index in [-0.39, 0.29) is 6.03 Å². The van der Waals surface area contributed by atoms with E-state index in [9.17, 15) is 4.79 Å². The van der Waals surface area contributed by atoms with E-state index in [0.29, 0.717) is 12.1 Å². The summed E-state index contributed by atoms with van der Waals surface area (Å²) in [5, 5.41) is 17.2. The molecule has 3 rings (SSSR count). The molecular weight excluding hydrogens is 300 g/mol. The summed E-state index contributed by atoms with van der Waals surface area (Å²) in [4.78, 5) is 12.2. The first kappa shape index (κ1) is 16.5. The third-order valence-electron chi connectivity index (χ3n) is 4.78. The number of nitriles is 1. The zero-order chi connectivity index (χ0) is 16.8. The highest BCUT2D eigenvalue weighted by Gasteiger charge is 2.12. The molecule has 1 saturated heterocycles. The number of nitrogens with one attached hydrogen (secondary N) is 2. The minimum atomic E-state index is -0.105. The van der Waals surface area contributed by atoms with Crippen LogP contribution in [-0.4, -0.2) is 30.2 Å². The van der Waals surface area contributed by atoms with Crippen LogP contribution < -0.4 is 10.6 Å². The fourth-order valence-corrected chi connectivity index (χ4v) is 3.34. The fourth-order valence-electron chi connectivity index (χ4n) is 3.34. The molecule has 0 unspecified atom stereocenters. The number of benzene rings is 1. The topological polar surface area (TPSA) is 69.8 Å². The lowest BCUT2D eigenvalue weighted by Gasteiger charge is -2.22. The minimum Gasteiger partial charge on any atom is -0.337 e. The third kappa shape index (κ3) is 4.15. The van der Waals surface area contributed by atoms with Crippen molar-refractivity contribution in [1.29, 1.82) is 5.26 Å². The minimum absolute atomic E-state index is 0.105. The van der Waals surface area contributed by atoms with Crippen molar-refractivity contribution in [2.75, 3.05) is 19.6 Å². The summed E-state index contributed by atoms with van der Waals surface area (Å²) in [6, 6.07) is 7.46. The van der Waals surface area contributed by atoms with Crippen LogP contribution in [0.1, 0.15) is 37.7 Å². The number of amides is 1. The predicted octanol–water partition coefficient (Wildman–Crippen LogP) is 3.24. The Bertz CT molecular complexity index is 737. The molecule has 5 heteroatoms. The molecule has 126 valence electrons. The van der Waals surface area contributed by atoms with Crippen molar-refractivity contribution in [3.05, 3.63) is 36.2 Å². The van der Waals surface area contributed by atoms with Gasteiger partial charge in [0.2, 0.25) is 0 Å². The van der Waals surface area contributed by atoms with Crippen LogP contribution in [0.5, 0.6) is 0 Å². The van der Waals surface area contributed by atoms with Gasteiger partial charge in [-0.1, -0.05) is 18.9 Å². The number of fused-ring (bicyclic) bond motifs is 1. The standard InChI is InChI=1S/C19H24N4O/c20-12-16-4-5-17-13-23(14-18(17)11-16)19(24)22-8-2-1-3-15-6-9-21-10-7-15/h4-5,11,13-15,21H,1-3,6-10H2,(H,22,24). The van der Waals surface area contributed by atoms with E-state index in [1.54, 1.807) is 29.1 Å². The summed E-state index contributed by atoms with van der Waals surface area (Å²) in [5.74, 6) is 0.853. The van der Waals surface area contributed by atoms with Crippen molar-refractivity contribution in [3.8, 4) is 6.07 Å². The Balaban J connectivity index is 1.44. The van der Waals surface area contributed by atoms with E-state index in [2.05, 4.69) is 16.7 Å². The zero-order valence-corrected chi connectivity index (χ0v) is 13.9. The molecule has 1 aromatic carbocycles. The lowest BCUT2D eigenvalue weighted by Crippen LogP contribution is -2.29. The number of rotatable bonds is 5. The van der Waals surface area contributed by atoms with Gasteiger partial charge in [-0.15, -0.1) is 0 Å². The Morgan fingerprint density at radius 2 is 2.04 bits per heavy atom. The number of carbonyl (C=O) groups is 1. The molecule has 0 bridgehead atoms. The molecule has 0 saturated carbocycles. The Morgan fingerprint density at radius 1 is 1.25 bits per heavy atom. The van der Waals surface area contributed by atoms with Crippen molar-refractivity contribution in [3.63, 3.8) is 0 Å². The Morgan fingerprint density at radius 3 is 2.83 bits per heavy atom. The Labute approximate surface area is 142 Å². The third-order valence-corrected chi connectivity index (χ3v) is 4.78. The monoisotopic (exact) mass is 324 g/mol. The molecule has 0 aliphatic carbocycles. The first-order valence-electron chi connectivity index (χ1n) is 8.77. The van der Waals surface area contributed by atoms with E-state index >= 15 is 0 Å². The maximum Gasteiger partial charge on any atom is 0.325 e. The van der Waals surface area contributed by atoms with E-state index in [0.717, 1.165) is 36.2 Å². The predicted molar refractivity (Wildman–Crippen MR) is 94.9 cm³/mol. The largest absolute Gasteiger partial charge is 0.337 e. The SMILES string of the molecule is N#Cc1ccc2cn(C(=O)NCCCCC3CCNCC3)cc2c1. The lowest BCUT2D eigenvalue weighted by molar-refractivity contribution is 0.242. The van der Waals surface area contributed by atoms with Crippen LogP contribution >= 0.6 is 0 Å². The maximum absolute atomic E-state index is 12.2. The van der Waals surface area contributed by atoms with Gasteiger partial charge in [0.25, 0.3) is 0 Å².